The lowest BCUT2D eigenvalue weighted by molar-refractivity contribution is 0.308. The van der Waals surface area contributed by atoms with E-state index in [9.17, 15) is 12.8 Å². The molecule has 124 valence electrons. The summed E-state index contributed by atoms with van der Waals surface area (Å²) >= 11 is 0. The van der Waals surface area contributed by atoms with Crippen LogP contribution in [0.5, 0.6) is 11.5 Å². The van der Waals surface area contributed by atoms with E-state index in [1.165, 1.54) is 12.1 Å². The molecule has 7 heteroatoms. The van der Waals surface area contributed by atoms with Crippen molar-refractivity contribution in [3.05, 3.63) is 53.8 Å². The lowest BCUT2D eigenvalue weighted by atomic mass is 10.1. The standard InChI is InChI=1S/C16H18FNO4S/c1-21-13-5-2-6-14(10-13)22-9-3-4-12-7-8-15(11-16(12)17)23(18,19)20/h2,5-8,10-11H,3-4,9H2,1H3,(H2,18,19,20). The van der Waals surface area contributed by atoms with Gasteiger partial charge in [-0.3, -0.25) is 0 Å². The van der Waals surface area contributed by atoms with Gasteiger partial charge in [-0.05, 0) is 42.7 Å². The van der Waals surface area contributed by atoms with Crippen molar-refractivity contribution >= 4 is 10.0 Å². The molecule has 0 aliphatic carbocycles. The first kappa shape index (κ1) is 17.2. The molecule has 0 aromatic heterocycles. The van der Waals surface area contributed by atoms with Gasteiger partial charge in [-0.25, -0.2) is 17.9 Å². The minimum atomic E-state index is -3.89. The summed E-state index contributed by atoms with van der Waals surface area (Å²) in [5.74, 6) is 0.791. The maximum atomic E-state index is 13.9. The van der Waals surface area contributed by atoms with Crippen molar-refractivity contribution < 1.29 is 22.3 Å². The summed E-state index contributed by atoms with van der Waals surface area (Å²) in [6.07, 6.45) is 1.02. The molecule has 2 aromatic rings. The number of halogens is 1. The van der Waals surface area contributed by atoms with Gasteiger partial charge in [-0.1, -0.05) is 12.1 Å². The van der Waals surface area contributed by atoms with Crippen molar-refractivity contribution in [3.8, 4) is 11.5 Å². The average molecular weight is 339 g/mol. The van der Waals surface area contributed by atoms with E-state index in [1.807, 2.05) is 18.2 Å². The quantitative estimate of drug-likeness (QED) is 0.786. The van der Waals surface area contributed by atoms with E-state index < -0.39 is 15.8 Å². The molecule has 23 heavy (non-hydrogen) atoms. The van der Waals surface area contributed by atoms with Crippen molar-refractivity contribution in [1.29, 1.82) is 0 Å². The van der Waals surface area contributed by atoms with Crippen molar-refractivity contribution in [2.75, 3.05) is 13.7 Å². The second-order valence-electron chi connectivity index (χ2n) is 4.93. The van der Waals surface area contributed by atoms with Crippen LogP contribution in [-0.2, 0) is 16.4 Å². The zero-order valence-corrected chi connectivity index (χ0v) is 13.5. The SMILES string of the molecule is COc1cccc(OCCCc2ccc(S(N)(=O)=O)cc2F)c1. The van der Waals surface area contributed by atoms with Crippen molar-refractivity contribution in [2.45, 2.75) is 17.7 Å². The van der Waals surface area contributed by atoms with Crippen molar-refractivity contribution in [2.24, 2.45) is 5.14 Å². The van der Waals surface area contributed by atoms with Gasteiger partial charge in [0.2, 0.25) is 10.0 Å². The first-order chi connectivity index (χ1) is 10.9. The second kappa shape index (κ2) is 7.43. The molecule has 0 aliphatic rings. The van der Waals surface area contributed by atoms with Crippen LogP contribution in [0.4, 0.5) is 4.39 Å². The molecule has 0 aliphatic heterocycles. The molecule has 0 atom stereocenters. The van der Waals surface area contributed by atoms with Crippen LogP contribution in [0.2, 0.25) is 0 Å². The van der Waals surface area contributed by atoms with Gasteiger partial charge in [0, 0.05) is 6.07 Å². The molecule has 0 spiro atoms. The van der Waals surface area contributed by atoms with E-state index in [0.29, 0.717) is 36.5 Å². The van der Waals surface area contributed by atoms with Gasteiger partial charge in [0.1, 0.15) is 17.3 Å². The molecular formula is C16H18FNO4S. The molecule has 0 heterocycles. The Balaban J connectivity index is 1.89. The van der Waals surface area contributed by atoms with Gasteiger partial charge < -0.3 is 9.47 Å². The van der Waals surface area contributed by atoms with Crippen LogP contribution in [0.3, 0.4) is 0 Å². The Kier molecular flexibility index (Phi) is 5.57. The molecule has 0 saturated heterocycles. The Bertz CT molecular complexity index is 777. The van der Waals surface area contributed by atoms with E-state index in [-0.39, 0.29) is 4.90 Å². The highest BCUT2D eigenvalue weighted by atomic mass is 32.2. The van der Waals surface area contributed by atoms with Crippen LogP contribution in [0.15, 0.2) is 47.4 Å². The molecular weight excluding hydrogens is 321 g/mol. The van der Waals surface area contributed by atoms with Gasteiger partial charge in [-0.2, -0.15) is 0 Å². The number of aryl methyl sites for hydroxylation is 1. The monoisotopic (exact) mass is 339 g/mol. The van der Waals surface area contributed by atoms with Gasteiger partial charge in [-0.15, -0.1) is 0 Å². The lowest BCUT2D eigenvalue weighted by Crippen LogP contribution is -2.12. The first-order valence-electron chi connectivity index (χ1n) is 6.98. The van der Waals surface area contributed by atoms with Crippen LogP contribution in [-0.4, -0.2) is 22.1 Å². The number of rotatable bonds is 7. The van der Waals surface area contributed by atoms with Gasteiger partial charge in [0.25, 0.3) is 0 Å². The molecule has 0 radical (unpaired) electrons. The first-order valence-corrected chi connectivity index (χ1v) is 8.53. The molecule has 2 aromatic carbocycles. The zero-order valence-electron chi connectivity index (χ0n) is 12.7. The average Bonchev–Trinajstić information content (AvgIpc) is 2.52. The normalized spacial score (nSPS) is 11.3. The van der Waals surface area contributed by atoms with Gasteiger partial charge in [0.05, 0.1) is 18.6 Å². The summed E-state index contributed by atoms with van der Waals surface area (Å²) in [6.45, 7) is 0.406. The molecule has 0 saturated carbocycles. The molecule has 2 rings (SSSR count). The second-order valence-corrected chi connectivity index (χ2v) is 6.49. The Morgan fingerprint density at radius 3 is 2.52 bits per heavy atom. The number of sulfonamides is 1. The Labute approximate surface area is 134 Å². The molecule has 0 unspecified atom stereocenters. The van der Waals surface area contributed by atoms with Gasteiger partial charge in [0.15, 0.2) is 0 Å². The number of ether oxygens (including phenoxy) is 2. The summed E-state index contributed by atoms with van der Waals surface area (Å²) in [4.78, 5) is -0.230. The maximum Gasteiger partial charge on any atom is 0.238 e. The third-order valence-corrected chi connectivity index (χ3v) is 4.16. The predicted octanol–water partition coefficient (Wildman–Crippen LogP) is 2.49. The third kappa shape index (κ3) is 4.94. The third-order valence-electron chi connectivity index (χ3n) is 3.25. The number of nitrogens with two attached hydrogens (primary N) is 1. The fourth-order valence-corrected chi connectivity index (χ4v) is 2.58. The largest absolute Gasteiger partial charge is 0.497 e. The minimum Gasteiger partial charge on any atom is -0.497 e. The van der Waals surface area contributed by atoms with Crippen LogP contribution in [0, 0.1) is 5.82 Å². The van der Waals surface area contributed by atoms with Crippen LogP contribution in [0.25, 0.3) is 0 Å². The van der Waals surface area contributed by atoms with Crippen molar-refractivity contribution in [3.63, 3.8) is 0 Å². The Morgan fingerprint density at radius 1 is 1.13 bits per heavy atom. The fraction of sp³-hybridized carbons (Fsp3) is 0.250. The molecule has 0 amide bonds. The minimum absolute atomic E-state index is 0.230. The molecule has 0 fully saturated rings. The van der Waals surface area contributed by atoms with E-state index in [2.05, 4.69) is 0 Å². The lowest BCUT2D eigenvalue weighted by Gasteiger charge is -2.08. The van der Waals surface area contributed by atoms with Crippen LogP contribution in [0.1, 0.15) is 12.0 Å². The summed E-state index contributed by atoms with van der Waals surface area (Å²) in [5.41, 5.74) is 0.423. The summed E-state index contributed by atoms with van der Waals surface area (Å²) in [7, 11) is -2.31. The molecule has 5 nitrogen and oxygen atoms in total. The number of hydrogen-bond donors (Lipinski definition) is 1. The summed E-state index contributed by atoms with van der Waals surface area (Å²) in [5, 5.41) is 4.96. The number of benzene rings is 2. The fourth-order valence-electron chi connectivity index (χ4n) is 2.05. The number of primary sulfonamides is 1. The van der Waals surface area contributed by atoms with E-state index >= 15 is 0 Å². The van der Waals surface area contributed by atoms with E-state index in [4.69, 9.17) is 14.6 Å². The summed E-state index contributed by atoms with van der Waals surface area (Å²) < 4.78 is 46.8. The number of methoxy groups -OCH3 is 1. The Morgan fingerprint density at radius 2 is 1.87 bits per heavy atom. The summed E-state index contributed by atoms with van der Waals surface area (Å²) in [6, 6.07) is 10.9. The topological polar surface area (TPSA) is 78.6 Å². The van der Waals surface area contributed by atoms with Crippen LogP contribution < -0.4 is 14.6 Å². The van der Waals surface area contributed by atoms with Gasteiger partial charge >= 0.3 is 0 Å². The van der Waals surface area contributed by atoms with Crippen LogP contribution >= 0.6 is 0 Å². The highest BCUT2D eigenvalue weighted by Gasteiger charge is 2.11. The number of hydrogen-bond acceptors (Lipinski definition) is 4. The van der Waals surface area contributed by atoms with E-state index in [0.717, 1.165) is 6.07 Å². The maximum absolute atomic E-state index is 13.9. The zero-order chi connectivity index (χ0) is 16.9. The molecule has 2 N–H and O–H groups in total. The highest BCUT2D eigenvalue weighted by molar-refractivity contribution is 7.89. The highest BCUT2D eigenvalue weighted by Crippen LogP contribution is 2.19. The Hall–Kier alpha value is -2.12. The van der Waals surface area contributed by atoms with Crippen molar-refractivity contribution in [1.82, 2.24) is 0 Å². The predicted molar refractivity (Wildman–Crippen MR) is 84.6 cm³/mol. The van der Waals surface area contributed by atoms with E-state index in [1.54, 1.807) is 13.2 Å². The smallest absolute Gasteiger partial charge is 0.238 e. The molecule has 0 bridgehead atoms.